The maximum atomic E-state index is 11.2. The summed E-state index contributed by atoms with van der Waals surface area (Å²) in [5, 5.41) is 8.93. The van der Waals surface area contributed by atoms with Crippen molar-refractivity contribution < 1.29 is 4.79 Å². The fourth-order valence-corrected chi connectivity index (χ4v) is 2.05. The molecule has 3 heteroatoms. The first-order valence-corrected chi connectivity index (χ1v) is 5.33. The lowest BCUT2D eigenvalue weighted by Gasteiger charge is -2.33. The number of Topliss-reactive ketones (excluding diaryl/α,β-unsaturated/α-hetero) is 1. The van der Waals surface area contributed by atoms with Crippen LogP contribution in [0.1, 0.15) is 33.1 Å². The molecule has 14 heavy (non-hydrogen) atoms. The van der Waals surface area contributed by atoms with Crippen molar-refractivity contribution in [2.75, 3.05) is 13.1 Å². The molecule has 0 bridgehead atoms. The molecule has 1 aliphatic heterocycles. The molecule has 1 heterocycles. The molecule has 1 fully saturated rings. The first-order valence-electron chi connectivity index (χ1n) is 5.33. The van der Waals surface area contributed by atoms with Gasteiger partial charge in [0.15, 0.2) is 0 Å². The Morgan fingerprint density at radius 2 is 2.43 bits per heavy atom. The van der Waals surface area contributed by atoms with Crippen LogP contribution in [0.5, 0.6) is 0 Å². The lowest BCUT2D eigenvalue weighted by Crippen LogP contribution is -2.43. The van der Waals surface area contributed by atoms with Crippen LogP contribution in [0.2, 0.25) is 0 Å². The van der Waals surface area contributed by atoms with E-state index in [9.17, 15) is 4.79 Å². The minimum absolute atomic E-state index is 0.00264. The summed E-state index contributed by atoms with van der Waals surface area (Å²) in [6, 6.07) is 2.29. The third-order valence-electron chi connectivity index (χ3n) is 3.00. The van der Waals surface area contributed by atoms with Crippen molar-refractivity contribution in [2.24, 2.45) is 5.92 Å². The molecule has 0 N–H and O–H groups in total. The number of nitriles is 1. The van der Waals surface area contributed by atoms with Gasteiger partial charge in [0.05, 0.1) is 12.1 Å². The van der Waals surface area contributed by atoms with Gasteiger partial charge in [-0.1, -0.05) is 6.92 Å². The highest BCUT2D eigenvalue weighted by molar-refractivity contribution is 5.78. The van der Waals surface area contributed by atoms with Gasteiger partial charge in [-0.05, 0) is 32.7 Å². The minimum atomic E-state index is -0.00264. The van der Waals surface area contributed by atoms with Crippen molar-refractivity contribution in [1.29, 1.82) is 5.26 Å². The monoisotopic (exact) mass is 194 g/mol. The lowest BCUT2D eigenvalue weighted by molar-refractivity contribution is -0.122. The summed E-state index contributed by atoms with van der Waals surface area (Å²) < 4.78 is 0. The summed E-state index contributed by atoms with van der Waals surface area (Å²) in [5.41, 5.74) is 0. The standard InChI is InChI=1S/C11H18N2O/c1-3-11(7-12)13-6-4-5-10(8-13)9(2)14/h10-11H,3-6,8H2,1-2H3. The van der Waals surface area contributed by atoms with E-state index < -0.39 is 0 Å². The molecule has 3 nitrogen and oxygen atoms in total. The number of carbonyl (C=O) groups excluding carboxylic acids is 1. The second-order valence-corrected chi connectivity index (χ2v) is 4.00. The summed E-state index contributed by atoms with van der Waals surface area (Å²) in [4.78, 5) is 13.4. The Bertz CT molecular complexity index is 244. The van der Waals surface area contributed by atoms with Crippen molar-refractivity contribution in [3.63, 3.8) is 0 Å². The Morgan fingerprint density at radius 3 is 2.93 bits per heavy atom. The molecule has 0 aromatic rings. The van der Waals surface area contributed by atoms with Crippen LogP contribution in [0.15, 0.2) is 0 Å². The Morgan fingerprint density at radius 1 is 1.71 bits per heavy atom. The maximum absolute atomic E-state index is 11.2. The van der Waals surface area contributed by atoms with Gasteiger partial charge in [-0.2, -0.15) is 5.26 Å². The highest BCUT2D eigenvalue weighted by Gasteiger charge is 2.26. The van der Waals surface area contributed by atoms with Gasteiger partial charge in [0, 0.05) is 12.5 Å². The molecular weight excluding hydrogens is 176 g/mol. The number of likely N-dealkylation sites (tertiary alicyclic amines) is 1. The van der Waals surface area contributed by atoms with Crippen molar-refractivity contribution in [3.05, 3.63) is 0 Å². The molecule has 2 unspecified atom stereocenters. The van der Waals surface area contributed by atoms with Crippen LogP contribution in [-0.4, -0.2) is 29.8 Å². The van der Waals surface area contributed by atoms with Crippen molar-refractivity contribution in [2.45, 2.75) is 39.2 Å². The molecule has 0 aromatic carbocycles. The number of hydrogen-bond donors (Lipinski definition) is 0. The average Bonchev–Trinajstić information content (AvgIpc) is 2.20. The first-order chi connectivity index (χ1) is 6.69. The largest absolute Gasteiger partial charge is 0.300 e. The van der Waals surface area contributed by atoms with Gasteiger partial charge in [0.2, 0.25) is 0 Å². The molecule has 1 saturated heterocycles. The van der Waals surface area contributed by atoms with E-state index >= 15 is 0 Å². The van der Waals surface area contributed by atoms with Crippen LogP contribution in [-0.2, 0) is 4.79 Å². The maximum Gasteiger partial charge on any atom is 0.134 e. The van der Waals surface area contributed by atoms with Crippen LogP contribution in [0.3, 0.4) is 0 Å². The summed E-state index contributed by atoms with van der Waals surface area (Å²) >= 11 is 0. The van der Waals surface area contributed by atoms with Crippen LogP contribution in [0.4, 0.5) is 0 Å². The molecule has 0 saturated carbocycles. The fraction of sp³-hybridized carbons (Fsp3) is 0.818. The van der Waals surface area contributed by atoms with Gasteiger partial charge in [0.25, 0.3) is 0 Å². The van der Waals surface area contributed by atoms with Gasteiger partial charge >= 0.3 is 0 Å². The van der Waals surface area contributed by atoms with Crippen molar-refractivity contribution >= 4 is 5.78 Å². The van der Waals surface area contributed by atoms with Crippen LogP contribution in [0.25, 0.3) is 0 Å². The third-order valence-corrected chi connectivity index (χ3v) is 3.00. The van der Waals surface area contributed by atoms with Crippen LogP contribution >= 0.6 is 0 Å². The average molecular weight is 194 g/mol. The number of piperidine rings is 1. The van der Waals surface area contributed by atoms with E-state index in [1.807, 2.05) is 6.92 Å². The van der Waals surface area contributed by atoms with E-state index in [2.05, 4.69) is 11.0 Å². The molecular formula is C11H18N2O. The highest BCUT2D eigenvalue weighted by atomic mass is 16.1. The SMILES string of the molecule is CCC(C#N)N1CCCC(C(C)=O)C1. The predicted octanol–water partition coefficient (Wildman–Crippen LogP) is 1.59. The van der Waals surface area contributed by atoms with Gasteiger partial charge in [-0.15, -0.1) is 0 Å². The highest BCUT2D eigenvalue weighted by Crippen LogP contribution is 2.19. The molecule has 0 amide bonds. The van der Waals surface area contributed by atoms with Crippen molar-refractivity contribution in [3.8, 4) is 6.07 Å². The molecule has 78 valence electrons. The summed E-state index contributed by atoms with van der Waals surface area (Å²) in [5.74, 6) is 0.425. The summed E-state index contributed by atoms with van der Waals surface area (Å²) in [7, 11) is 0. The quantitative estimate of drug-likeness (QED) is 0.685. The predicted molar refractivity (Wildman–Crippen MR) is 54.7 cm³/mol. The van der Waals surface area contributed by atoms with Gasteiger partial charge < -0.3 is 0 Å². The van der Waals surface area contributed by atoms with E-state index in [0.717, 1.165) is 32.4 Å². The Labute approximate surface area is 85.7 Å². The Kier molecular flexibility index (Phi) is 4.09. The van der Waals surface area contributed by atoms with Crippen LogP contribution < -0.4 is 0 Å². The van der Waals surface area contributed by atoms with Gasteiger partial charge in [-0.25, -0.2) is 0 Å². The summed E-state index contributed by atoms with van der Waals surface area (Å²) in [6.45, 7) is 5.42. The minimum Gasteiger partial charge on any atom is -0.300 e. The molecule has 0 aliphatic carbocycles. The summed E-state index contributed by atoms with van der Waals surface area (Å²) in [6.07, 6.45) is 2.89. The molecule has 0 spiro atoms. The normalized spacial score (nSPS) is 25.4. The number of hydrogen-bond acceptors (Lipinski definition) is 3. The number of nitrogens with zero attached hydrogens (tertiary/aromatic N) is 2. The molecule has 0 radical (unpaired) electrons. The van der Waals surface area contributed by atoms with E-state index in [1.54, 1.807) is 6.92 Å². The Balaban J connectivity index is 2.55. The Hall–Kier alpha value is -0.880. The zero-order chi connectivity index (χ0) is 10.6. The first kappa shape index (κ1) is 11.2. The second kappa shape index (κ2) is 5.11. The van der Waals surface area contributed by atoms with E-state index in [4.69, 9.17) is 5.26 Å². The van der Waals surface area contributed by atoms with E-state index in [-0.39, 0.29) is 17.7 Å². The van der Waals surface area contributed by atoms with Gasteiger partial charge in [-0.3, -0.25) is 9.69 Å². The smallest absolute Gasteiger partial charge is 0.134 e. The van der Waals surface area contributed by atoms with Crippen LogP contribution in [0, 0.1) is 17.2 Å². The number of rotatable bonds is 3. The number of ketones is 1. The number of carbonyl (C=O) groups is 1. The second-order valence-electron chi connectivity index (χ2n) is 4.00. The molecule has 1 aliphatic rings. The molecule has 0 aromatic heterocycles. The third kappa shape index (κ3) is 2.55. The van der Waals surface area contributed by atoms with E-state index in [1.165, 1.54) is 0 Å². The fourth-order valence-electron chi connectivity index (χ4n) is 2.05. The van der Waals surface area contributed by atoms with Gasteiger partial charge in [0.1, 0.15) is 5.78 Å². The molecule has 2 atom stereocenters. The topological polar surface area (TPSA) is 44.1 Å². The molecule has 1 rings (SSSR count). The van der Waals surface area contributed by atoms with Crippen molar-refractivity contribution in [1.82, 2.24) is 4.90 Å². The van der Waals surface area contributed by atoms with E-state index in [0.29, 0.717) is 0 Å². The zero-order valence-electron chi connectivity index (χ0n) is 8.99. The zero-order valence-corrected chi connectivity index (χ0v) is 8.99. The lowest BCUT2D eigenvalue weighted by atomic mass is 9.93.